The lowest BCUT2D eigenvalue weighted by atomic mass is 10.1. The minimum Gasteiger partial charge on any atom is -0.493 e. The second-order valence-electron chi connectivity index (χ2n) is 5.74. The molecule has 1 aliphatic rings. The fourth-order valence-corrected chi connectivity index (χ4v) is 2.79. The van der Waals surface area contributed by atoms with Crippen LogP contribution in [0.2, 0.25) is 5.02 Å². The van der Waals surface area contributed by atoms with Crippen LogP contribution in [0.15, 0.2) is 36.4 Å². The number of hydrogen-bond donors (Lipinski definition) is 2. The van der Waals surface area contributed by atoms with E-state index < -0.39 is 12.5 Å². The van der Waals surface area contributed by atoms with Gasteiger partial charge in [0.1, 0.15) is 5.75 Å². The standard InChI is InChI=1S/C19H15ClF2N2O5/c1-27-14-4-2-3-10(18(14)29-19(21)22)5-6-16(25)23-12-8-15-13(7-11(12)20)24-17(26)9-28-15/h2-8,19H,9H2,1H3,(H,23,25)(H,24,26)/b6-5+. The molecule has 1 aliphatic heterocycles. The Hall–Kier alpha value is -3.33. The van der Waals surface area contributed by atoms with Crippen molar-refractivity contribution in [2.75, 3.05) is 24.4 Å². The maximum Gasteiger partial charge on any atom is 0.387 e. The number of anilines is 2. The number of benzene rings is 2. The zero-order chi connectivity index (χ0) is 21.0. The summed E-state index contributed by atoms with van der Waals surface area (Å²) in [5.74, 6) is -0.616. The molecule has 7 nitrogen and oxygen atoms in total. The Bertz CT molecular complexity index is 981. The summed E-state index contributed by atoms with van der Waals surface area (Å²) in [5, 5.41) is 5.34. The summed E-state index contributed by atoms with van der Waals surface area (Å²) in [6.07, 6.45) is 2.43. The SMILES string of the molecule is COc1cccc(/C=C/C(=O)Nc2cc3c(cc2Cl)NC(=O)CO3)c1OC(F)F. The molecule has 0 bridgehead atoms. The molecule has 0 spiro atoms. The molecule has 0 aliphatic carbocycles. The number of halogens is 3. The Morgan fingerprint density at radius 3 is 2.90 bits per heavy atom. The molecule has 1 heterocycles. The lowest BCUT2D eigenvalue weighted by Gasteiger charge is -2.19. The van der Waals surface area contributed by atoms with Gasteiger partial charge in [-0.25, -0.2) is 0 Å². The lowest BCUT2D eigenvalue weighted by molar-refractivity contribution is -0.118. The van der Waals surface area contributed by atoms with Gasteiger partial charge in [0, 0.05) is 17.7 Å². The van der Waals surface area contributed by atoms with Crippen LogP contribution in [0.5, 0.6) is 17.2 Å². The van der Waals surface area contributed by atoms with Crippen molar-refractivity contribution in [1.29, 1.82) is 0 Å². The van der Waals surface area contributed by atoms with Crippen LogP contribution < -0.4 is 24.8 Å². The molecule has 152 valence electrons. The number of alkyl halides is 2. The number of carbonyl (C=O) groups excluding carboxylic acids is 2. The van der Waals surface area contributed by atoms with Crippen molar-refractivity contribution < 1.29 is 32.6 Å². The van der Waals surface area contributed by atoms with E-state index in [1.807, 2.05) is 0 Å². The second-order valence-corrected chi connectivity index (χ2v) is 6.15. The summed E-state index contributed by atoms with van der Waals surface area (Å²) in [4.78, 5) is 23.6. The lowest BCUT2D eigenvalue weighted by Crippen LogP contribution is -2.25. The molecule has 2 aromatic carbocycles. The first-order valence-corrected chi connectivity index (χ1v) is 8.62. The Kier molecular flexibility index (Phi) is 6.18. The van der Waals surface area contributed by atoms with Crippen LogP contribution in [-0.2, 0) is 9.59 Å². The molecule has 0 radical (unpaired) electrons. The molecule has 0 saturated carbocycles. The number of fused-ring (bicyclic) bond motifs is 1. The molecule has 10 heteroatoms. The minimum absolute atomic E-state index is 0.102. The highest BCUT2D eigenvalue weighted by atomic mass is 35.5. The fraction of sp³-hybridized carbons (Fsp3) is 0.158. The van der Waals surface area contributed by atoms with E-state index in [2.05, 4.69) is 15.4 Å². The van der Waals surface area contributed by atoms with Crippen molar-refractivity contribution in [3.8, 4) is 17.2 Å². The number of carbonyl (C=O) groups is 2. The average molecular weight is 425 g/mol. The van der Waals surface area contributed by atoms with E-state index in [0.717, 1.165) is 6.08 Å². The molecule has 0 aromatic heterocycles. The van der Waals surface area contributed by atoms with Gasteiger partial charge in [-0.15, -0.1) is 0 Å². The van der Waals surface area contributed by atoms with Gasteiger partial charge in [0.25, 0.3) is 5.91 Å². The molecule has 0 fully saturated rings. The largest absolute Gasteiger partial charge is 0.493 e. The number of ether oxygens (including phenoxy) is 3. The summed E-state index contributed by atoms with van der Waals surface area (Å²) < 4.78 is 40.1. The van der Waals surface area contributed by atoms with Gasteiger partial charge in [-0.2, -0.15) is 8.78 Å². The maximum absolute atomic E-state index is 12.7. The highest BCUT2D eigenvalue weighted by molar-refractivity contribution is 6.34. The van der Waals surface area contributed by atoms with Gasteiger partial charge >= 0.3 is 6.61 Å². The summed E-state index contributed by atoms with van der Waals surface area (Å²) in [6.45, 7) is -3.20. The molecule has 0 unspecified atom stereocenters. The number of methoxy groups -OCH3 is 1. The molecule has 2 aromatic rings. The van der Waals surface area contributed by atoms with Gasteiger partial charge in [0.15, 0.2) is 18.1 Å². The van der Waals surface area contributed by atoms with E-state index >= 15 is 0 Å². The van der Waals surface area contributed by atoms with E-state index in [1.54, 1.807) is 6.07 Å². The van der Waals surface area contributed by atoms with Crippen LogP contribution in [0, 0.1) is 0 Å². The maximum atomic E-state index is 12.7. The summed E-state index contributed by atoms with van der Waals surface area (Å²) in [7, 11) is 1.32. The predicted octanol–water partition coefficient (Wildman–Crippen LogP) is 3.93. The van der Waals surface area contributed by atoms with E-state index in [9.17, 15) is 18.4 Å². The van der Waals surface area contributed by atoms with Gasteiger partial charge < -0.3 is 24.8 Å². The van der Waals surface area contributed by atoms with Crippen molar-refractivity contribution in [3.63, 3.8) is 0 Å². The van der Waals surface area contributed by atoms with E-state index in [0.29, 0.717) is 11.4 Å². The first kappa shape index (κ1) is 20.4. The van der Waals surface area contributed by atoms with Crippen molar-refractivity contribution >= 4 is 40.9 Å². The molecular formula is C19H15ClF2N2O5. The van der Waals surface area contributed by atoms with Crippen LogP contribution in [-0.4, -0.2) is 32.1 Å². The third-order valence-electron chi connectivity index (χ3n) is 3.81. The van der Waals surface area contributed by atoms with Crippen molar-refractivity contribution in [1.82, 2.24) is 0 Å². The van der Waals surface area contributed by atoms with Crippen molar-refractivity contribution in [2.24, 2.45) is 0 Å². The minimum atomic E-state index is -3.05. The highest BCUT2D eigenvalue weighted by Crippen LogP contribution is 2.36. The number of para-hydroxylation sites is 1. The Balaban J connectivity index is 1.78. The van der Waals surface area contributed by atoms with Gasteiger partial charge in [0.2, 0.25) is 5.91 Å². The average Bonchev–Trinajstić information content (AvgIpc) is 2.67. The van der Waals surface area contributed by atoms with Gasteiger partial charge in [-0.3, -0.25) is 9.59 Å². The summed E-state index contributed by atoms with van der Waals surface area (Å²) in [6, 6.07) is 7.44. The molecule has 29 heavy (non-hydrogen) atoms. The monoisotopic (exact) mass is 424 g/mol. The highest BCUT2D eigenvalue weighted by Gasteiger charge is 2.19. The Morgan fingerprint density at radius 2 is 2.17 bits per heavy atom. The zero-order valence-electron chi connectivity index (χ0n) is 15.0. The molecule has 2 amide bonds. The van der Waals surface area contributed by atoms with E-state index in [1.165, 1.54) is 37.5 Å². The van der Waals surface area contributed by atoms with Crippen LogP contribution >= 0.6 is 11.6 Å². The first-order valence-electron chi connectivity index (χ1n) is 8.24. The number of nitrogens with one attached hydrogen (secondary N) is 2. The van der Waals surface area contributed by atoms with Crippen molar-refractivity contribution in [3.05, 3.63) is 47.0 Å². The summed E-state index contributed by atoms with van der Waals surface area (Å²) >= 11 is 6.13. The van der Waals surface area contributed by atoms with Crippen LogP contribution in [0.1, 0.15) is 5.56 Å². The van der Waals surface area contributed by atoms with Gasteiger partial charge in [-0.1, -0.05) is 23.7 Å². The molecule has 3 rings (SSSR count). The Morgan fingerprint density at radius 1 is 1.38 bits per heavy atom. The third-order valence-corrected chi connectivity index (χ3v) is 4.12. The van der Waals surface area contributed by atoms with Crippen LogP contribution in [0.4, 0.5) is 20.2 Å². The predicted molar refractivity (Wildman–Crippen MR) is 103 cm³/mol. The Labute approximate surface area is 169 Å². The quantitative estimate of drug-likeness (QED) is 0.686. The van der Waals surface area contributed by atoms with Crippen LogP contribution in [0.3, 0.4) is 0 Å². The molecule has 0 atom stereocenters. The van der Waals surface area contributed by atoms with Gasteiger partial charge in [-0.05, 0) is 18.2 Å². The number of hydrogen-bond acceptors (Lipinski definition) is 5. The van der Waals surface area contributed by atoms with Crippen molar-refractivity contribution in [2.45, 2.75) is 6.61 Å². The normalized spacial score (nSPS) is 12.9. The number of rotatable bonds is 6. The molecule has 0 saturated heterocycles. The third kappa shape index (κ3) is 4.94. The fourth-order valence-electron chi connectivity index (χ4n) is 2.58. The van der Waals surface area contributed by atoms with E-state index in [4.69, 9.17) is 21.1 Å². The molecule has 2 N–H and O–H groups in total. The summed E-state index contributed by atoms with van der Waals surface area (Å²) in [5.41, 5.74) is 0.873. The van der Waals surface area contributed by atoms with Gasteiger partial charge in [0.05, 0.1) is 23.5 Å². The first-order chi connectivity index (χ1) is 13.9. The second kappa shape index (κ2) is 8.78. The molecular weight excluding hydrogens is 410 g/mol. The number of amides is 2. The topological polar surface area (TPSA) is 85.9 Å². The zero-order valence-corrected chi connectivity index (χ0v) is 15.8. The smallest absolute Gasteiger partial charge is 0.387 e. The van der Waals surface area contributed by atoms with Crippen LogP contribution in [0.25, 0.3) is 6.08 Å². The van der Waals surface area contributed by atoms with E-state index in [-0.39, 0.29) is 40.3 Å².